The lowest BCUT2D eigenvalue weighted by Crippen LogP contribution is -2.47. The zero-order chi connectivity index (χ0) is 13.8. The molecule has 1 aromatic carbocycles. The van der Waals surface area contributed by atoms with Crippen LogP contribution in [-0.4, -0.2) is 30.3 Å². The second kappa shape index (κ2) is 6.20. The Morgan fingerprint density at radius 1 is 1.50 bits per heavy atom. The Bertz CT molecular complexity index is 432. The number of nitrogens with one attached hydrogen (secondary N) is 1. The Morgan fingerprint density at radius 2 is 2.17 bits per heavy atom. The second-order valence-electron chi connectivity index (χ2n) is 4.56. The first-order chi connectivity index (χ1) is 8.36. The average Bonchev–Trinajstić information content (AvgIpc) is 2.29. The number of benzene rings is 1. The number of carboxylic acids is 1. The highest BCUT2D eigenvalue weighted by atomic mass is 79.9. The van der Waals surface area contributed by atoms with Gasteiger partial charge < -0.3 is 15.2 Å². The minimum Gasteiger partial charge on any atom is -0.496 e. The van der Waals surface area contributed by atoms with E-state index in [0.717, 1.165) is 15.8 Å². The molecule has 0 aliphatic heterocycles. The molecule has 0 fully saturated rings. The third kappa shape index (κ3) is 3.99. The van der Waals surface area contributed by atoms with E-state index in [1.165, 1.54) is 0 Å². The van der Waals surface area contributed by atoms with E-state index in [1.54, 1.807) is 21.0 Å². The monoisotopic (exact) mass is 315 g/mol. The SMILES string of the molecule is COc1ccc(Br)cc1CCNC(C)(C)C(=O)O. The van der Waals surface area contributed by atoms with Gasteiger partial charge in [0.1, 0.15) is 11.3 Å². The quantitative estimate of drug-likeness (QED) is 0.846. The number of ether oxygens (including phenoxy) is 1. The number of hydrogen-bond donors (Lipinski definition) is 2. The summed E-state index contributed by atoms with van der Waals surface area (Å²) in [5.74, 6) is -0.0446. The van der Waals surface area contributed by atoms with Crippen LogP contribution in [-0.2, 0) is 11.2 Å². The van der Waals surface area contributed by atoms with Gasteiger partial charge in [-0.25, -0.2) is 0 Å². The highest BCUT2D eigenvalue weighted by Crippen LogP contribution is 2.23. The molecule has 2 N–H and O–H groups in total. The third-order valence-electron chi connectivity index (χ3n) is 2.74. The molecule has 0 radical (unpaired) electrons. The molecular weight excluding hydrogens is 298 g/mol. The number of rotatable bonds is 6. The van der Waals surface area contributed by atoms with Crippen molar-refractivity contribution in [3.8, 4) is 5.75 Å². The van der Waals surface area contributed by atoms with Gasteiger partial charge in [0.05, 0.1) is 7.11 Å². The van der Waals surface area contributed by atoms with Crippen LogP contribution in [0.5, 0.6) is 5.75 Å². The number of carbonyl (C=O) groups is 1. The fourth-order valence-electron chi connectivity index (χ4n) is 1.53. The topological polar surface area (TPSA) is 58.6 Å². The van der Waals surface area contributed by atoms with Gasteiger partial charge in [-0.15, -0.1) is 0 Å². The summed E-state index contributed by atoms with van der Waals surface area (Å²) in [4.78, 5) is 10.9. The van der Waals surface area contributed by atoms with Crippen LogP contribution in [0.4, 0.5) is 0 Å². The van der Waals surface area contributed by atoms with Crippen LogP contribution in [0.25, 0.3) is 0 Å². The van der Waals surface area contributed by atoms with Gasteiger partial charge in [-0.3, -0.25) is 4.79 Å². The van der Waals surface area contributed by atoms with Crippen molar-refractivity contribution in [2.75, 3.05) is 13.7 Å². The van der Waals surface area contributed by atoms with Crippen LogP contribution in [0.2, 0.25) is 0 Å². The predicted octanol–water partition coefficient (Wildman–Crippen LogP) is 2.45. The summed E-state index contributed by atoms with van der Waals surface area (Å²) in [6.45, 7) is 3.87. The van der Waals surface area contributed by atoms with Crippen molar-refractivity contribution in [3.63, 3.8) is 0 Å². The third-order valence-corrected chi connectivity index (χ3v) is 3.23. The Hall–Kier alpha value is -1.07. The van der Waals surface area contributed by atoms with Crippen LogP contribution in [0.1, 0.15) is 19.4 Å². The average molecular weight is 316 g/mol. The highest BCUT2D eigenvalue weighted by molar-refractivity contribution is 9.10. The standard InChI is InChI=1S/C13H18BrNO3/c1-13(2,12(16)17)15-7-6-9-8-10(14)4-5-11(9)18-3/h4-5,8,15H,6-7H2,1-3H3,(H,16,17). The molecular formula is C13H18BrNO3. The zero-order valence-corrected chi connectivity index (χ0v) is 12.4. The molecule has 0 spiro atoms. The van der Waals surface area contributed by atoms with E-state index in [0.29, 0.717) is 13.0 Å². The molecule has 0 saturated heterocycles. The summed E-state index contributed by atoms with van der Waals surface area (Å²) in [7, 11) is 1.63. The van der Waals surface area contributed by atoms with Crippen LogP contribution in [0, 0.1) is 0 Å². The van der Waals surface area contributed by atoms with E-state index in [9.17, 15) is 4.79 Å². The van der Waals surface area contributed by atoms with Gasteiger partial charge in [-0.2, -0.15) is 0 Å². The van der Waals surface area contributed by atoms with Crippen molar-refractivity contribution in [3.05, 3.63) is 28.2 Å². The van der Waals surface area contributed by atoms with Gasteiger partial charge >= 0.3 is 5.97 Å². The van der Waals surface area contributed by atoms with Crippen molar-refractivity contribution < 1.29 is 14.6 Å². The lowest BCUT2D eigenvalue weighted by atomic mass is 10.1. The summed E-state index contributed by atoms with van der Waals surface area (Å²) in [6.07, 6.45) is 0.708. The van der Waals surface area contributed by atoms with E-state index in [2.05, 4.69) is 21.2 Å². The van der Waals surface area contributed by atoms with Gasteiger partial charge in [0, 0.05) is 11.0 Å². The fraction of sp³-hybridized carbons (Fsp3) is 0.462. The van der Waals surface area contributed by atoms with Crippen molar-refractivity contribution >= 4 is 21.9 Å². The molecule has 5 heteroatoms. The molecule has 18 heavy (non-hydrogen) atoms. The first-order valence-corrected chi connectivity index (χ1v) is 6.47. The van der Waals surface area contributed by atoms with Crippen molar-refractivity contribution in [2.45, 2.75) is 25.8 Å². The van der Waals surface area contributed by atoms with E-state index in [-0.39, 0.29) is 0 Å². The van der Waals surface area contributed by atoms with Crippen LogP contribution < -0.4 is 10.1 Å². The Balaban J connectivity index is 2.64. The smallest absolute Gasteiger partial charge is 0.323 e. The van der Waals surface area contributed by atoms with E-state index in [4.69, 9.17) is 9.84 Å². The second-order valence-corrected chi connectivity index (χ2v) is 5.48. The van der Waals surface area contributed by atoms with Gasteiger partial charge in [0.25, 0.3) is 0 Å². The van der Waals surface area contributed by atoms with Crippen molar-refractivity contribution in [2.24, 2.45) is 0 Å². The molecule has 0 heterocycles. The number of methoxy groups -OCH3 is 1. The Kier molecular flexibility index (Phi) is 5.16. The van der Waals surface area contributed by atoms with Gasteiger partial charge in [0.2, 0.25) is 0 Å². The molecule has 0 aliphatic carbocycles. The number of halogens is 1. The molecule has 0 saturated carbocycles. The summed E-state index contributed by atoms with van der Waals surface area (Å²) < 4.78 is 6.25. The molecule has 1 aromatic rings. The zero-order valence-electron chi connectivity index (χ0n) is 10.8. The highest BCUT2D eigenvalue weighted by Gasteiger charge is 2.25. The molecule has 0 atom stereocenters. The molecule has 0 bridgehead atoms. The molecule has 0 unspecified atom stereocenters. The van der Waals surface area contributed by atoms with Crippen LogP contribution >= 0.6 is 15.9 Å². The lowest BCUT2D eigenvalue weighted by molar-refractivity contribution is -0.143. The summed E-state index contributed by atoms with van der Waals surface area (Å²) in [5, 5.41) is 12.0. The normalized spacial score (nSPS) is 11.3. The summed E-state index contributed by atoms with van der Waals surface area (Å²) in [5.41, 5.74) is 0.125. The molecule has 4 nitrogen and oxygen atoms in total. The van der Waals surface area contributed by atoms with Gasteiger partial charge in [-0.05, 0) is 44.0 Å². The molecule has 0 amide bonds. The number of aliphatic carboxylic acids is 1. The first-order valence-electron chi connectivity index (χ1n) is 5.67. The number of hydrogen-bond acceptors (Lipinski definition) is 3. The largest absolute Gasteiger partial charge is 0.496 e. The number of carboxylic acid groups (broad SMARTS) is 1. The van der Waals surface area contributed by atoms with Gasteiger partial charge in [0.15, 0.2) is 0 Å². The maximum absolute atomic E-state index is 10.9. The lowest BCUT2D eigenvalue weighted by Gasteiger charge is -2.21. The van der Waals surface area contributed by atoms with Crippen molar-refractivity contribution in [1.82, 2.24) is 5.32 Å². The summed E-state index contributed by atoms with van der Waals surface area (Å²) >= 11 is 3.41. The Labute approximate surface area is 115 Å². The van der Waals surface area contributed by atoms with E-state index in [1.807, 2.05) is 18.2 Å². The molecule has 1 rings (SSSR count). The van der Waals surface area contributed by atoms with E-state index >= 15 is 0 Å². The van der Waals surface area contributed by atoms with Crippen LogP contribution in [0.15, 0.2) is 22.7 Å². The summed E-state index contributed by atoms with van der Waals surface area (Å²) in [6, 6.07) is 5.78. The van der Waals surface area contributed by atoms with Crippen LogP contribution in [0.3, 0.4) is 0 Å². The van der Waals surface area contributed by atoms with Gasteiger partial charge in [-0.1, -0.05) is 15.9 Å². The predicted molar refractivity (Wildman–Crippen MR) is 74.1 cm³/mol. The minimum atomic E-state index is -0.917. The first kappa shape index (κ1) is 15.0. The maximum Gasteiger partial charge on any atom is 0.323 e. The van der Waals surface area contributed by atoms with Crippen molar-refractivity contribution in [1.29, 1.82) is 0 Å². The molecule has 0 aliphatic rings. The maximum atomic E-state index is 10.9. The fourth-order valence-corrected chi connectivity index (χ4v) is 1.94. The van der Waals surface area contributed by atoms with E-state index < -0.39 is 11.5 Å². The molecule has 0 aromatic heterocycles. The minimum absolute atomic E-state index is 0.576. The Morgan fingerprint density at radius 3 is 2.72 bits per heavy atom. The molecule has 100 valence electrons.